The van der Waals surface area contributed by atoms with Crippen molar-refractivity contribution < 1.29 is 38.5 Å². The Kier molecular flexibility index (Phi) is 17.1. The van der Waals surface area contributed by atoms with Gasteiger partial charge in [-0.05, 0) is 104 Å². The molecule has 0 radical (unpaired) electrons. The van der Waals surface area contributed by atoms with E-state index >= 15 is 0 Å². The molecule has 3 aliphatic rings. The highest BCUT2D eigenvalue weighted by molar-refractivity contribution is 5.95. The van der Waals surface area contributed by atoms with Gasteiger partial charge in [-0.15, -0.1) is 0 Å². The van der Waals surface area contributed by atoms with Gasteiger partial charge in [-0.3, -0.25) is 42.8 Å². The summed E-state index contributed by atoms with van der Waals surface area (Å²) in [5.41, 5.74) is 3.47. The van der Waals surface area contributed by atoms with Gasteiger partial charge in [0.2, 0.25) is 0 Å². The van der Waals surface area contributed by atoms with Crippen molar-refractivity contribution in [3.63, 3.8) is 0 Å². The minimum atomic E-state index is -0.773. The van der Waals surface area contributed by atoms with Crippen LogP contribution in [0.5, 0.6) is 17.2 Å². The fourth-order valence-corrected chi connectivity index (χ4v) is 12.5. The third kappa shape index (κ3) is 12.4. The van der Waals surface area contributed by atoms with Gasteiger partial charge in [0.05, 0.1) is 56.3 Å². The highest BCUT2D eigenvalue weighted by Gasteiger charge is 2.45. The predicted octanol–water partition coefficient (Wildman–Crippen LogP) is 8.68. The van der Waals surface area contributed by atoms with Gasteiger partial charge >= 0.3 is 0 Å². The van der Waals surface area contributed by atoms with E-state index in [1.807, 2.05) is 72.8 Å². The first kappa shape index (κ1) is 60.1. The van der Waals surface area contributed by atoms with Gasteiger partial charge in [0.1, 0.15) is 17.2 Å². The molecule has 7 aromatic heterocycles. The summed E-state index contributed by atoms with van der Waals surface area (Å²) in [6, 6.07) is 38.2. The van der Waals surface area contributed by atoms with Gasteiger partial charge in [-0.2, -0.15) is 15.3 Å². The summed E-state index contributed by atoms with van der Waals surface area (Å²) >= 11 is 0. The number of hydrogen-bond acceptors (Lipinski definition) is 15. The molecule has 22 nitrogen and oxygen atoms in total. The van der Waals surface area contributed by atoms with Crippen LogP contribution >= 0.6 is 0 Å². The van der Waals surface area contributed by atoms with Crippen LogP contribution in [0.15, 0.2) is 182 Å². The number of aromatic nitrogens is 8. The average molecular weight is 1200 g/mol. The zero-order valence-electron chi connectivity index (χ0n) is 49.4. The molecule has 0 saturated heterocycles. The van der Waals surface area contributed by atoms with Crippen molar-refractivity contribution in [1.29, 1.82) is 0 Å². The Bertz CT molecular complexity index is 4400. The molecule has 13 rings (SSSR count). The van der Waals surface area contributed by atoms with Crippen LogP contribution in [0, 0.1) is 0 Å². The number of benzene rings is 3. The summed E-state index contributed by atoms with van der Waals surface area (Å²) in [6.07, 6.45) is 21.0. The molecule has 3 amide bonds. The zero-order chi connectivity index (χ0) is 62.5. The van der Waals surface area contributed by atoms with E-state index in [-0.39, 0.29) is 33.5 Å². The maximum absolute atomic E-state index is 12.2. The van der Waals surface area contributed by atoms with Gasteiger partial charge in [0.25, 0.3) is 34.0 Å². The maximum Gasteiger partial charge on any atom is 0.275 e. The number of hydrogen-bond donors (Lipinski definition) is 6. The lowest BCUT2D eigenvalue weighted by atomic mass is 9.78. The number of fused-ring (bicyclic) bond motifs is 1. The molecule has 3 fully saturated rings. The van der Waals surface area contributed by atoms with Crippen LogP contribution < -0.4 is 32.2 Å². The number of rotatable bonds is 15. The first-order chi connectivity index (χ1) is 43.1. The van der Waals surface area contributed by atoms with Crippen LogP contribution in [0.2, 0.25) is 0 Å². The van der Waals surface area contributed by atoms with E-state index in [1.165, 1.54) is 53.8 Å². The van der Waals surface area contributed by atoms with Crippen molar-refractivity contribution in [3.8, 4) is 51.0 Å². The van der Waals surface area contributed by atoms with E-state index < -0.39 is 51.3 Å². The van der Waals surface area contributed by atoms with Gasteiger partial charge in [-0.1, -0.05) is 92.4 Å². The first-order valence-corrected chi connectivity index (χ1v) is 29.5. The molecule has 7 heterocycles. The molecule has 0 aliphatic heterocycles. The summed E-state index contributed by atoms with van der Waals surface area (Å²) in [4.78, 5) is 77.0. The van der Waals surface area contributed by atoms with Gasteiger partial charge in [0, 0.05) is 66.4 Å². The van der Waals surface area contributed by atoms with E-state index in [1.54, 1.807) is 18.7 Å². The number of pyridine rings is 1. The lowest BCUT2D eigenvalue weighted by molar-refractivity contribution is 0.0945. The molecule has 89 heavy (non-hydrogen) atoms. The Morgan fingerprint density at radius 3 is 1.37 bits per heavy atom. The van der Waals surface area contributed by atoms with Crippen molar-refractivity contribution in [2.45, 2.75) is 100 Å². The first-order valence-electron chi connectivity index (χ1n) is 29.5. The molecule has 3 aliphatic carbocycles. The highest BCUT2D eigenvalue weighted by Crippen LogP contribution is 2.50. The number of aromatic hydroxyl groups is 3. The van der Waals surface area contributed by atoms with E-state index in [9.17, 15) is 44.1 Å². The van der Waals surface area contributed by atoms with Crippen LogP contribution in [0.25, 0.3) is 44.8 Å². The Balaban J connectivity index is 0.000000138. The predicted molar refractivity (Wildman–Crippen MR) is 332 cm³/mol. The molecule has 3 saturated carbocycles. The van der Waals surface area contributed by atoms with Crippen molar-refractivity contribution >= 4 is 28.8 Å². The van der Waals surface area contributed by atoms with Gasteiger partial charge in [-0.25, -0.2) is 4.98 Å². The van der Waals surface area contributed by atoms with Crippen LogP contribution in [-0.4, -0.2) is 93.1 Å². The SMILES string of the molecule is CNC(=O)c1nn(CC2(c3cccc(-c4ccco4)c3)CC2)cc(O)c1=O.CNC(=O)c1nn(CC2(c3cccc(-c4ccco4)c3)CCCC2)cc(O)c1=O.CNC(=O)c1nn(CC2(n3cc(-c4ccccc4)c4cccnc43)CCCC2)cc(O)c1=O. The molecule has 0 bridgehead atoms. The summed E-state index contributed by atoms with van der Waals surface area (Å²) < 4.78 is 17.8. The minimum Gasteiger partial charge on any atom is -0.503 e. The van der Waals surface area contributed by atoms with Crippen LogP contribution in [0.4, 0.5) is 0 Å². The number of furan rings is 2. The Morgan fingerprint density at radius 1 is 0.494 bits per heavy atom. The molecular formula is C67H67N11O11. The Morgan fingerprint density at radius 2 is 0.933 bits per heavy atom. The van der Waals surface area contributed by atoms with Crippen molar-refractivity contribution in [2.75, 3.05) is 21.1 Å². The molecule has 456 valence electrons. The monoisotopic (exact) mass is 1200 g/mol. The zero-order valence-corrected chi connectivity index (χ0v) is 49.4. The average Bonchev–Trinajstić information content (AvgIpc) is 1.67. The summed E-state index contributed by atoms with van der Waals surface area (Å²) in [5, 5.41) is 51.1. The van der Waals surface area contributed by atoms with E-state index in [0.717, 1.165) is 120 Å². The van der Waals surface area contributed by atoms with Gasteiger partial charge < -0.3 is 44.7 Å². The fraction of sp³-hybridized carbons (Fsp3) is 0.284. The van der Waals surface area contributed by atoms with Crippen molar-refractivity contribution in [3.05, 3.63) is 218 Å². The van der Waals surface area contributed by atoms with Crippen LogP contribution in [0.1, 0.15) is 107 Å². The lowest BCUT2D eigenvalue weighted by Crippen LogP contribution is -2.37. The second-order valence-corrected chi connectivity index (χ2v) is 22.9. The topological polar surface area (TPSA) is 297 Å². The maximum atomic E-state index is 12.2. The van der Waals surface area contributed by atoms with E-state index in [0.29, 0.717) is 19.6 Å². The molecule has 22 heteroatoms. The number of amides is 3. The number of carbonyl (C=O) groups is 3. The van der Waals surface area contributed by atoms with Gasteiger partial charge in [0.15, 0.2) is 34.3 Å². The Hall–Kier alpha value is -10.6. The standard InChI is InChI=1S/C25H25N5O3.C22H23N3O4.C20H19N3O4/c1-26-24(33)21-22(32)20(31)15-29(28-21)16-25(11-5-6-12-25)30-14-19(17-8-3-2-4-9-17)18-10-7-13-27-23(18)30;1-23-21(28)19-20(27)17(26)13-25(24-19)14-22(9-2-3-10-22)16-7-4-6-15(12-16)18-8-5-11-29-18;1-21-19(26)17-18(25)15(24)11-23(22-17)12-20(7-8-20)14-5-2-4-13(10-14)16-6-3-9-27-16/h2-4,7-10,13-15,31H,5-6,11-12,16H2,1H3,(H,26,33);4-8,11-13,26H,2-3,9-10,14H2,1H3,(H,23,28);2-6,9-11,24H,7-8,12H2,1H3,(H,21,26). The minimum absolute atomic E-state index is 0.142. The normalized spacial score (nSPS) is 15.0. The van der Waals surface area contributed by atoms with Crippen molar-refractivity contribution in [2.24, 2.45) is 0 Å². The smallest absolute Gasteiger partial charge is 0.275 e. The second-order valence-electron chi connectivity index (χ2n) is 22.9. The molecular weight excluding hydrogens is 1130 g/mol. The summed E-state index contributed by atoms with van der Waals surface area (Å²) in [6.45, 7) is 1.33. The molecule has 0 spiro atoms. The van der Waals surface area contributed by atoms with Crippen molar-refractivity contribution in [1.82, 2.24) is 54.8 Å². The number of nitrogens with one attached hydrogen (secondary N) is 3. The van der Waals surface area contributed by atoms with Crippen LogP contribution in [0.3, 0.4) is 0 Å². The molecule has 0 unspecified atom stereocenters. The van der Waals surface area contributed by atoms with Crippen LogP contribution in [-0.2, 0) is 36.0 Å². The third-order valence-corrected chi connectivity index (χ3v) is 17.2. The molecule has 10 aromatic rings. The second kappa shape index (κ2) is 25.4. The lowest BCUT2D eigenvalue weighted by Gasteiger charge is -2.32. The third-order valence-electron chi connectivity index (χ3n) is 17.2. The molecule has 6 N–H and O–H groups in total. The summed E-state index contributed by atoms with van der Waals surface area (Å²) in [7, 11) is 4.27. The largest absolute Gasteiger partial charge is 0.503 e. The number of nitrogens with zero attached hydrogens (tertiary/aromatic N) is 8. The summed E-state index contributed by atoms with van der Waals surface area (Å²) in [5.74, 6) is -1.69. The highest BCUT2D eigenvalue weighted by atomic mass is 16.3. The van der Waals surface area contributed by atoms with E-state index in [2.05, 4.69) is 84.5 Å². The fourth-order valence-electron chi connectivity index (χ4n) is 12.5. The number of carbonyl (C=O) groups excluding carboxylic acids is 3. The molecule has 3 aromatic carbocycles. The Labute approximate surface area is 510 Å². The van der Waals surface area contributed by atoms with E-state index in [4.69, 9.17) is 13.8 Å². The quantitative estimate of drug-likeness (QED) is 0.0559. The molecule has 0 atom stereocenters.